The van der Waals surface area contributed by atoms with Crippen LogP contribution in [0, 0.1) is 21.4 Å². The van der Waals surface area contributed by atoms with E-state index in [0.717, 1.165) is 0 Å². The molecular weight excluding hydrogens is 424 g/mol. The second kappa shape index (κ2) is 8.72. The van der Waals surface area contributed by atoms with E-state index >= 15 is 0 Å². The molecule has 9 nitrogen and oxygen atoms in total. The van der Waals surface area contributed by atoms with E-state index in [9.17, 15) is 20.5 Å². The Balaban J connectivity index is 1.84. The number of nitro benzene ring substituents is 1. The largest absolute Gasteiger partial charge is 0.507 e. The molecule has 164 valence electrons. The number of phenols is 1. The molecule has 1 aliphatic rings. The number of methoxy groups -OCH3 is 1. The molecule has 0 aliphatic carbocycles. The van der Waals surface area contributed by atoms with Crippen molar-refractivity contribution in [3.8, 4) is 23.3 Å². The number of nitriles is 1. The van der Waals surface area contributed by atoms with Crippen LogP contribution in [0.1, 0.15) is 22.6 Å². The standard InChI is InChI=1S/C24H18N4O5/c1-32-18-8-6-16(7-9-18)27-13-15-5-10-20(29)22-21(19(12-25)24(26)33-23(15)22)14-3-2-4-17(11-14)28(30)31/h2-11,13,21,29H,26H2,1H3. The van der Waals surface area contributed by atoms with E-state index in [-0.39, 0.29) is 34.2 Å². The van der Waals surface area contributed by atoms with E-state index in [1.807, 2.05) is 6.07 Å². The Morgan fingerprint density at radius 1 is 1.24 bits per heavy atom. The normalized spacial score (nSPS) is 15.0. The summed E-state index contributed by atoms with van der Waals surface area (Å²) in [5.41, 5.74) is 7.82. The van der Waals surface area contributed by atoms with E-state index < -0.39 is 10.8 Å². The topological polar surface area (TPSA) is 144 Å². The summed E-state index contributed by atoms with van der Waals surface area (Å²) >= 11 is 0. The van der Waals surface area contributed by atoms with Crippen molar-refractivity contribution in [3.05, 3.63) is 98.9 Å². The number of phenolic OH excluding ortho intramolecular Hbond substituents is 1. The third-order valence-corrected chi connectivity index (χ3v) is 5.22. The first-order chi connectivity index (χ1) is 15.9. The van der Waals surface area contributed by atoms with Gasteiger partial charge in [0, 0.05) is 23.9 Å². The molecule has 3 aromatic rings. The minimum absolute atomic E-state index is 0.0440. The summed E-state index contributed by atoms with van der Waals surface area (Å²) < 4.78 is 10.9. The number of hydrogen-bond donors (Lipinski definition) is 2. The Hall–Kier alpha value is -4.84. The molecule has 3 aromatic carbocycles. The lowest BCUT2D eigenvalue weighted by atomic mass is 9.82. The average molecular weight is 442 g/mol. The van der Waals surface area contributed by atoms with Gasteiger partial charge in [-0.05, 0) is 42.0 Å². The van der Waals surface area contributed by atoms with Gasteiger partial charge in [-0.3, -0.25) is 15.1 Å². The summed E-state index contributed by atoms with van der Waals surface area (Å²) in [6.07, 6.45) is 1.55. The molecule has 33 heavy (non-hydrogen) atoms. The Bertz CT molecular complexity index is 1340. The van der Waals surface area contributed by atoms with Crippen LogP contribution in [0.5, 0.6) is 17.2 Å². The minimum atomic E-state index is -0.854. The van der Waals surface area contributed by atoms with E-state index in [0.29, 0.717) is 22.6 Å². The fourth-order valence-electron chi connectivity index (χ4n) is 3.64. The molecule has 0 aromatic heterocycles. The number of non-ortho nitro benzene ring substituents is 1. The molecule has 9 heteroatoms. The lowest BCUT2D eigenvalue weighted by Gasteiger charge is -2.28. The molecule has 1 aliphatic heterocycles. The third-order valence-electron chi connectivity index (χ3n) is 5.22. The molecule has 1 heterocycles. The number of hydrogen-bond acceptors (Lipinski definition) is 8. The molecule has 3 N–H and O–H groups in total. The maximum Gasteiger partial charge on any atom is 0.269 e. The van der Waals surface area contributed by atoms with Crippen molar-refractivity contribution >= 4 is 17.6 Å². The van der Waals surface area contributed by atoms with Crippen molar-refractivity contribution in [2.45, 2.75) is 5.92 Å². The van der Waals surface area contributed by atoms with Gasteiger partial charge in [-0.2, -0.15) is 5.26 Å². The van der Waals surface area contributed by atoms with Gasteiger partial charge in [0.25, 0.3) is 5.69 Å². The Morgan fingerprint density at radius 2 is 2.00 bits per heavy atom. The summed E-state index contributed by atoms with van der Waals surface area (Å²) in [4.78, 5) is 15.2. The minimum Gasteiger partial charge on any atom is -0.507 e. The van der Waals surface area contributed by atoms with E-state index in [4.69, 9.17) is 15.2 Å². The number of aliphatic imine (C=N–C) groups is 1. The first-order valence-corrected chi connectivity index (χ1v) is 9.79. The molecule has 0 spiro atoms. The highest BCUT2D eigenvalue weighted by Gasteiger charge is 2.35. The Kier molecular flexibility index (Phi) is 5.66. The van der Waals surface area contributed by atoms with Crippen molar-refractivity contribution in [1.82, 2.24) is 0 Å². The summed E-state index contributed by atoms with van der Waals surface area (Å²) in [5.74, 6) is -0.219. The monoisotopic (exact) mass is 442 g/mol. The molecule has 1 unspecified atom stereocenters. The van der Waals surface area contributed by atoms with Crippen LogP contribution in [0.25, 0.3) is 0 Å². The van der Waals surface area contributed by atoms with Gasteiger partial charge < -0.3 is 20.3 Å². The number of rotatable bonds is 5. The first kappa shape index (κ1) is 21.4. The predicted octanol–water partition coefficient (Wildman–Crippen LogP) is 4.28. The highest BCUT2D eigenvalue weighted by atomic mass is 16.6. The van der Waals surface area contributed by atoms with Crippen LogP contribution in [0.2, 0.25) is 0 Å². The van der Waals surface area contributed by atoms with E-state index in [2.05, 4.69) is 4.99 Å². The SMILES string of the molecule is COc1ccc(N=Cc2ccc(O)c3c2OC(N)=C(C#N)C3c2cccc([N+](=O)[O-])c2)cc1. The molecule has 0 saturated carbocycles. The molecule has 4 rings (SSSR count). The zero-order valence-corrected chi connectivity index (χ0v) is 17.4. The van der Waals surface area contributed by atoms with E-state index in [1.54, 1.807) is 49.7 Å². The van der Waals surface area contributed by atoms with Crippen LogP contribution < -0.4 is 15.2 Å². The summed E-state index contributed by atoms with van der Waals surface area (Å²) in [6.45, 7) is 0. The fourth-order valence-corrected chi connectivity index (χ4v) is 3.64. The smallest absolute Gasteiger partial charge is 0.269 e. The number of nitrogens with two attached hydrogens (primary N) is 1. The zero-order valence-electron chi connectivity index (χ0n) is 17.4. The quantitative estimate of drug-likeness (QED) is 0.341. The number of allylic oxidation sites excluding steroid dienone is 1. The molecule has 0 bridgehead atoms. The van der Waals surface area contributed by atoms with Gasteiger partial charge in [-0.25, -0.2) is 0 Å². The van der Waals surface area contributed by atoms with Gasteiger partial charge in [0.15, 0.2) is 0 Å². The second-order valence-electron chi connectivity index (χ2n) is 7.15. The molecule has 1 atom stereocenters. The van der Waals surface area contributed by atoms with Crippen LogP contribution >= 0.6 is 0 Å². The lowest BCUT2D eigenvalue weighted by molar-refractivity contribution is -0.384. The zero-order chi connectivity index (χ0) is 23.5. The van der Waals surface area contributed by atoms with Gasteiger partial charge in [-0.15, -0.1) is 0 Å². The van der Waals surface area contributed by atoms with Gasteiger partial charge in [-0.1, -0.05) is 12.1 Å². The molecule has 0 amide bonds. The number of nitrogens with zero attached hydrogens (tertiary/aromatic N) is 3. The van der Waals surface area contributed by atoms with Crippen LogP contribution in [-0.4, -0.2) is 23.4 Å². The van der Waals surface area contributed by atoms with Gasteiger partial charge in [0.1, 0.15) is 28.9 Å². The van der Waals surface area contributed by atoms with Gasteiger partial charge in [0.05, 0.1) is 29.2 Å². The van der Waals surface area contributed by atoms with Gasteiger partial charge >= 0.3 is 0 Å². The van der Waals surface area contributed by atoms with Crippen molar-refractivity contribution in [1.29, 1.82) is 5.26 Å². The van der Waals surface area contributed by atoms with Crippen LogP contribution in [-0.2, 0) is 0 Å². The lowest BCUT2D eigenvalue weighted by Crippen LogP contribution is -2.22. The first-order valence-electron chi connectivity index (χ1n) is 9.79. The van der Waals surface area contributed by atoms with Gasteiger partial charge in [0.2, 0.25) is 5.88 Å². The Labute approximate surface area is 188 Å². The predicted molar refractivity (Wildman–Crippen MR) is 121 cm³/mol. The summed E-state index contributed by atoms with van der Waals surface area (Å²) in [7, 11) is 1.57. The fraction of sp³-hybridized carbons (Fsp3) is 0.0833. The highest BCUT2D eigenvalue weighted by Crippen LogP contribution is 2.48. The number of benzene rings is 3. The van der Waals surface area contributed by atoms with E-state index in [1.165, 1.54) is 24.3 Å². The van der Waals surface area contributed by atoms with Crippen LogP contribution in [0.3, 0.4) is 0 Å². The molecule has 0 radical (unpaired) electrons. The number of aromatic hydroxyl groups is 1. The van der Waals surface area contributed by atoms with Crippen molar-refractivity contribution < 1.29 is 19.5 Å². The number of ether oxygens (including phenoxy) is 2. The third kappa shape index (κ3) is 4.05. The van der Waals surface area contributed by atoms with Crippen molar-refractivity contribution in [2.24, 2.45) is 10.7 Å². The van der Waals surface area contributed by atoms with Crippen molar-refractivity contribution in [3.63, 3.8) is 0 Å². The second-order valence-corrected chi connectivity index (χ2v) is 7.15. The number of nitro groups is 1. The Morgan fingerprint density at radius 3 is 2.67 bits per heavy atom. The maximum atomic E-state index is 11.3. The molecular formula is C24H18N4O5. The van der Waals surface area contributed by atoms with Crippen molar-refractivity contribution in [2.75, 3.05) is 7.11 Å². The molecule has 0 saturated heterocycles. The summed E-state index contributed by atoms with van der Waals surface area (Å²) in [6, 6.07) is 18.0. The maximum absolute atomic E-state index is 11.3. The van der Waals surface area contributed by atoms with Crippen LogP contribution in [0.15, 0.2) is 77.1 Å². The summed E-state index contributed by atoms with van der Waals surface area (Å²) in [5, 5.41) is 31.7. The van der Waals surface area contributed by atoms with Crippen LogP contribution in [0.4, 0.5) is 11.4 Å². The number of fused-ring (bicyclic) bond motifs is 1. The molecule has 0 fully saturated rings. The highest BCUT2D eigenvalue weighted by molar-refractivity contribution is 5.88. The average Bonchev–Trinajstić information content (AvgIpc) is 2.83.